The summed E-state index contributed by atoms with van der Waals surface area (Å²) in [5.74, 6) is 0.890. The summed E-state index contributed by atoms with van der Waals surface area (Å²) in [4.78, 5) is 0. The van der Waals surface area contributed by atoms with Gasteiger partial charge >= 0.3 is 0 Å². The van der Waals surface area contributed by atoms with E-state index in [1.165, 1.54) is 5.39 Å². The summed E-state index contributed by atoms with van der Waals surface area (Å²) in [5, 5.41) is 8.52. The van der Waals surface area contributed by atoms with E-state index >= 15 is 0 Å². The molecule has 0 bridgehead atoms. The van der Waals surface area contributed by atoms with E-state index in [1.54, 1.807) is 0 Å². The van der Waals surface area contributed by atoms with Crippen LogP contribution in [0.5, 0.6) is 5.75 Å². The van der Waals surface area contributed by atoms with Crippen molar-refractivity contribution in [1.29, 1.82) is 0 Å². The van der Waals surface area contributed by atoms with Crippen molar-refractivity contribution in [2.45, 2.75) is 32.8 Å². The number of benzene rings is 2. The molecule has 0 spiro atoms. The molecule has 0 aliphatic heterocycles. The van der Waals surface area contributed by atoms with Crippen LogP contribution in [0.25, 0.3) is 22.0 Å². The van der Waals surface area contributed by atoms with Gasteiger partial charge in [-0.05, 0) is 55.5 Å². The first-order chi connectivity index (χ1) is 12.8. The van der Waals surface area contributed by atoms with E-state index in [0.29, 0.717) is 0 Å². The van der Waals surface area contributed by atoms with Gasteiger partial charge in [0.1, 0.15) is 16.0 Å². The summed E-state index contributed by atoms with van der Waals surface area (Å²) in [7, 11) is 2.02. The zero-order valence-electron chi connectivity index (χ0n) is 16.4. The Balaban J connectivity index is 0.000000817. The fourth-order valence-electron chi connectivity index (χ4n) is 2.72. The first-order valence-electron chi connectivity index (χ1n) is 8.96. The maximum atomic E-state index is 7.33. The highest BCUT2D eigenvalue weighted by atomic mass is 32.1. The van der Waals surface area contributed by atoms with Crippen molar-refractivity contribution in [2.75, 3.05) is 0 Å². The highest BCUT2D eigenvalue weighted by Crippen LogP contribution is 2.29. The maximum Gasteiger partial charge on any atom is 0.120 e. The molecule has 0 aliphatic carbocycles. The van der Waals surface area contributed by atoms with Gasteiger partial charge in [0.2, 0.25) is 0 Å². The number of ether oxygens (including phenoxy) is 1. The second kappa shape index (κ2) is 8.87. The van der Waals surface area contributed by atoms with Crippen molar-refractivity contribution in [3.63, 3.8) is 0 Å². The number of hydrogen-bond donors (Lipinski definition) is 1. The van der Waals surface area contributed by atoms with Crippen molar-refractivity contribution < 1.29 is 9.84 Å². The highest BCUT2D eigenvalue weighted by Gasteiger charge is 2.16. The van der Waals surface area contributed by atoms with Gasteiger partial charge in [-0.25, -0.2) is 0 Å². The van der Waals surface area contributed by atoms with Gasteiger partial charge in [0.15, 0.2) is 0 Å². The molecule has 0 radical (unpaired) electrons. The third-order valence-electron chi connectivity index (χ3n) is 4.54. The van der Waals surface area contributed by atoms with E-state index < -0.39 is 0 Å². The van der Waals surface area contributed by atoms with Crippen LogP contribution in [0.3, 0.4) is 0 Å². The number of aliphatic hydroxyl groups excluding tert-OH is 1. The van der Waals surface area contributed by atoms with Crippen LogP contribution in [-0.2, 0) is 7.05 Å². The zero-order valence-corrected chi connectivity index (χ0v) is 17.2. The molecule has 0 unspecified atom stereocenters. The molecule has 1 heterocycles. The van der Waals surface area contributed by atoms with Gasteiger partial charge < -0.3 is 14.4 Å². The molecule has 0 saturated heterocycles. The first kappa shape index (κ1) is 20.7. The number of nitrogens with zero attached hydrogens (tertiary/aromatic N) is 1. The van der Waals surface area contributed by atoms with E-state index in [0.717, 1.165) is 39.7 Å². The number of aliphatic hydroxyl groups is 1. The Morgan fingerprint density at radius 1 is 1.15 bits per heavy atom. The van der Waals surface area contributed by atoms with Gasteiger partial charge in [-0.2, -0.15) is 0 Å². The van der Waals surface area contributed by atoms with Gasteiger partial charge in [-0.1, -0.05) is 56.1 Å². The fourth-order valence-corrected chi connectivity index (χ4v) is 3.00. The molecule has 0 atom stereocenters. The molecule has 3 aromatic rings. The molecule has 3 rings (SSSR count). The Hall–Kier alpha value is -2.59. The van der Waals surface area contributed by atoms with Gasteiger partial charge in [-0.3, -0.25) is 0 Å². The van der Waals surface area contributed by atoms with Gasteiger partial charge in [-0.15, -0.1) is 0 Å². The van der Waals surface area contributed by atoms with Crippen LogP contribution in [0.1, 0.15) is 27.2 Å². The maximum absolute atomic E-state index is 7.33. The lowest BCUT2D eigenvalue weighted by molar-refractivity contribution is 0.105. The molecular weight excluding hydrogens is 354 g/mol. The standard InChI is InChI=1S/C21H23NOS.C2H4O/c1-5-21(2,3)23-17-12-10-15(11-13-17)18-14-16-8-6-7-9-19(16)22(4)20(18)24;1-2-3/h6-14H,5H2,1-4H3;2-3H,1H2. The summed E-state index contributed by atoms with van der Waals surface area (Å²) >= 11 is 5.67. The quantitative estimate of drug-likeness (QED) is 0.397. The zero-order chi connectivity index (χ0) is 20.0. The Bertz CT molecular complexity index is 972. The minimum atomic E-state index is -0.153. The van der Waals surface area contributed by atoms with Crippen LogP contribution in [0.15, 0.2) is 67.4 Å². The highest BCUT2D eigenvalue weighted by molar-refractivity contribution is 7.71. The van der Waals surface area contributed by atoms with Crippen molar-refractivity contribution in [3.8, 4) is 16.9 Å². The second-order valence-corrected chi connectivity index (χ2v) is 7.29. The molecule has 0 amide bonds. The first-order valence-corrected chi connectivity index (χ1v) is 9.37. The smallest absolute Gasteiger partial charge is 0.120 e. The predicted molar refractivity (Wildman–Crippen MR) is 117 cm³/mol. The average molecular weight is 382 g/mol. The number of hydrogen-bond acceptors (Lipinski definition) is 3. The Morgan fingerprint density at radius 2 is 1.74 bits per heavy atom. The molecule has 1 aromatic heterocycles. The van der Waals surface area contributed by atoms with Crippen molar-refractivity contribution in [1.82, 2.24) is 4.57 Å². The number of aromatic nitrogens is 1. The summed E-state index contributed by atoms with van der Waals surface area (Å²) in [6.45, 7) is 9.25. The van der Waals surface area contributed by atoms with Crippen LogP contribution in [0, 0.1) is 4.64 Å². The minimum absolute atomic E-state index is 0.153. The molecular formula is C23H27NO2S. The Morgan fingerprint density at radius 3 is 2.33 bits per heavy atom. The lowest BCUT2D eigenvalue weighted by Crippen LogP contribution is -2.26. The largest absolute Gasteiger partial charge is 0.516 e. The molecule has 4 heteroatoms. The molecule has 0 aliphatic rings. The predicted octanol–water partition coefficient (Wildman–Crippen LogP) is 6.83. The summed E-state index contributed by atoms with van der Waals surface area (Å²) in [6.07, 6.45) is 1.71. The topological polar surface area (TPSA) is 34.4 Å². The fraction of sp³-hybridized carbons (Fsp3) is 0.261. The average Bonchev–Trinajstić information content (AvgIpc) is 2.66. The van der Waals surface area contributed by atoms with Crippen molar-refractivity contribution >= 4 is 23.1 Å². The van der Waals surface area contributed by atoms with Crippen LogP contribution in [0.4, 0.5) is 0 Å². The summed E-state index contributed by atoms with van der Waals surface area (Å²) in [5.41, 5.74) is 3.19. The Labute approximate surface area is 166 Å². The number of aryl methyl sites for hydroxylation is 1. The summed E-state index contributed by atoms with van der Waals surface area (Å²) in [6, 6.07) is 18.7. The minimum Gasteiger partial charge on any atom is -0.516 e. The number of fused-ring (bicyclic) bond motifs is 1. The third kappa shape index (κ3) is 4.98. The van der Waals surface area contributed by atoms with Crippen molar-refractivity contribution in [2.24, 2.45) is 7.05 Å². The lowest BCUT2D eigenvalue weighted by Gasteiger charge is -2.25. The van der Waals surface area contributed by atoms with Gasteiger partial charge in [0.05, 0.1) is 6.26 Å². The van der Waals surface area contributed by atoms with Crippen LogP contribution in [-0.4, -0.2) is 15.3 Å². The number of rotatable bonds is 4. The lowest BCUT2D eigenvalue weighted by atomic mass is 10.0. The Kier molecular flexibility index (Phi) is 6.81. The van der Waals surface area contributed by atoms with E-state index in [9.17, 15) is 0 Å². The SMILES string of the molecule is C=CO.CCC(C)(C)Oc1ccc(-c2cc3ccccc3n(C)c2=S)cc1. The van der Waals surface area contributed by atoms with Crippen LogP contribution < -0.4 is 4.74 Å². The molecule has 27 heavy (non-hydrogen) atoms. The van der Waals surface area contributed by atoms with E-state index in [4.69, 9.17) is 22.1 Å². The monoisotopic (exact) mass is 381 g/mol. The normalized spacial score (nSPS) is 10.8. The van der Waals surface area contributed by atoms with E-state index in [2.05, 4.69) is 68.3 Å². The molecule has 1 N–H and O–H groups in total. The second-order valence-electron chi connectivity index (χ2n) is 6.90. The molecule has 0 fully saturated rings. The van der Waals surface area contributed by atoms with Crippen LogP contribution in [0.2, 0.25) is 0 Å². The van der Waals surface area contributed by atoms with Gasteiger partial charge in [0.25, 0.3) is 0 Å². The van der Waals surface area contributed by atoms with Gasteiger partial charge in [0, 0.05) is 18.1 Å². The third-order valence-corrected chi connectivity index (χ3v) is 5.04. The molecule has 3 nitrogen and oxygen atoms in total. The van der Waals surface area contributed by atoms with Crippen molar-refractivity contribution in [3.05, 3.63) is 72.1 Å². The number of pyridine rings is 1. The van der Waals surface area contributed by atoms with E-state index in [-0.39, 0.29) is 5.60 Å². The summed E-state index contributed by atoms with van der Waals surface area (Å²) < 4.78 is 8.95. The van der Waals surface area contributed by atoms with Crippen LogP contribution >= 0.6 is 12.2 Å². The van der Waals surface area contributed by atoms with E-state index in [1.807, 2.05) is 25.2 Å². The molecule has 0 saturated carbocycles. The number of para-hydroxylation sites is 1. The molecule has 2 aromatic carbocycles. The molecule has 142 valence electrons.